The summed E-state index contributed by atoms with van der Waals surface area (Å²) >= 11 is 0. The van der Waals surface area contributed by atoms with E-state index in [1.54, 1.807) is 0 Å². The highest BCUT2D eigenvalue weighted by Gasteiger charge is 2.39. The Balaban J connectivity index is 1.47. The lowest BCUT2D eigenvalue weighted by atomic mass is 9.99. The Hall–Kier alpha value is -2.62. The van der Waals surface area contributed by atoms with Crippen LogP contribution in [0.15, 0.2) is 42.5 Å². The van der Waals surface area contributed by atoms with Crippen LogP contribution in [0.3, 0.4) is 0 Å². The zero-order valence-electron chi connectivity index (χ0n) is 16.9. The van der Waals surface area contributed by atoms with Crippen molar-refractivity contribution in [1.29, 1.82) is 0 Å². The number of benzene rings is 2. The first kappa shape index (κ1) is 18.7. The predicted octanol–water partition coefficient (Wildman–Crippen LogP) is 4.88. The fourth-order valence-corrected chi connectivity index (χ4v) is 4.11. The Bertz CT molecular complexity index is 903. The van der Waals surface area contributed by atoms with E-state index in [-0.39, 0.29) is 23.8 Å². The van der Waals surface area contributed by atoms with Gasteiger partial charge in [0.25, 0.3) is 5.91 Å². The minimum absolute atomic E-state index is 0.0643. The van der Waals surface area contributed by atoms with Gasteiger partial charge in [-0.3, -0.25) is 9.59 Å². The topological polar surface area (TPSA) is 49.4 Å². The molecule has 28 heavy (non-hydrogen) atoms. The smallest absolute Gasteiger partial charge is 0.254 e. The summed E-state index contributed by atoms with van der Waals surface area (Å²) in [5.74, 6) is 0.776. The molecule has 1 aliphatic heterocycles. The molecular weight excluding hydrogens is 348 g/mol. The van der Waals surface area contributed by atoms with E-state index in [2.05, 4.69) is 44.3 Å². The predicted molar refractivity (Wildman–Crippen MR) is 111 cm³/mol. The molecule has 1 heterocycles. The molecule has 1 aliphatic carbocycles. The van der Waals surface area contributed by atoms with Crippen molar-refractivity contribution < 1.29 is 9.59 Å². The maximum Gasteiger partial charge on any atom is 0.254 e. The molecule has 4 heteroatoms. The number of likely N-dealkylation sites (tertiary alicyclic amines) is 1. The molecule has 146 valence electrons. The molecule has 0 radical (unpaired) electrons. The third-order valence-corrected chi connectivity index (χ3v) is 6.28. The van der Waals surface area contributed by atoms with E-state index < -0.39 is 0 Å². The Kier molecular flexibility index (Phi) is 4.96. The van der Waals surface area contributed by atoms with Crippen LogP contribution in [-0.2, 0) is 4.79 Å². The lowest BCUT2D eigenvalue weighted by molar-refractivity contribution is -0.117. The molecule has 2 aromatic carbocycles. The molecule has 1 N–H and O–H groups in total. The third-order valence-electron chi connectivity index (χ3n) is 6.28. The number of amides is 2. The number of nitrogens with one attached hydrogen (secondary N) is 1. The van der Waals surface area contributed by atoms with Crippen molar-refractivity contribution in [3.05, 3.63) is 64.7 Å². The number of aryl methyl sites for hydroxylation is 2. The van der Waals surface area contributed by atoms with Crippen molar-refractivity contribution in [3.63, 3.8) is 0 Å². The summed E-state index contributed by atoms with van der Waals surface area (Å²) in [6, 6.07) is 14.0. The van der Waals surface area contributed by atoms with Gasteiger partial charge in [0.1, 0.15) is 0 Å². The monoisotopic (exact) mass is 376 g/mol. The van der Waals surface area contributed by atoms with E-state index in [9.17, 15) is 9.59 Å². The first-order valence-electron chi connectivity index (χ1n) is 10.2. The summed E-state index contributed by atoms with van der Waals surface area (Å²) in [4.78, 5) is 27.2. The second-order valence-electron chi connectivity index (χ2n) is 8.39. The van der Waals surface area contributed by atoms with Gasteiger partial charge in [0.2, 0.25) is 5.91 Å². The molecule has 2 fully saturated rings. The zero-order chi connectivity index (χ0) is 19.8. The highest BCUT2D eigenvalue weighted by molar-refractivity contribution is 5.97. The van der Waals surface area contributed by atoms with Crippen molar-refractivity contribution in [2.45, 2.75) is 46.1 Å². The molecule has 0 aromatic heterocycles. The zero-order valence-corrected chi connectivity index (χ0v) is 16.9. The summed E-state index contributed by atoms with van der Waals surface area (Å²) < 4.78 is 0. The third kappa shape index (κ3) is 3.68. The van der Waals surface area contributed by atoms with Crippen LogP contribution in [0.25, 0.3) is 0 Å². The first-order valence-corrected chi connectivity index (χ1v) is 10.2. The van der Waals surface area contributed by atoms with Crippen LogP contribution in [0.4, 0.5) is 5.69 Å². The van der Waals surface area contributed by atoms with Gasteiger partial charge in [0.05, 0.1) is 6.04 Å². The molecule has 4 nitrogen and oxygen atoms in total. The summed E-state index contributed by atoms with van der Waals surface area (Å²) in [6.07, 6.45) is 3.00. The molecule has 2 aromatic rings. The van der Waals surface area contributed by atoms with Gasteiger partial charge in [-0.05, 0) is 80.0 Å². The molecule has 2 amide bonds. The van der Waals surface area contributed by atoms with E-state index >= 15 is 0 Å². The van der Waals surface area contributed by atoms with Crippen molar-refractivity contribution in [2.75, 3.05) is 11.9 Å². The standard InChI is InChI=1S/C24H28N2O2/c1-15-6-7-19(13-16(15)2)22-5-4-12-26(22)24(28)18-8-10-20(11-9-18)25-23(27)21-14-17(21)3/h6-11,13,17,21-22H,4-5,12,14H2,1-3H3,(H,25,27). The maximum atomic E-state index is 13.1. The fraction of sp³-hybridized carbons (Fsp3) is 0.417. The molecule has 1 saturated carbocycles. The second-order valence-corrected chi connectivity index (χ2v) is 8.39. The quantitative estimate of drug-likeness (QED) is 0.827. The minimum Gasteiger partial charge on any atom is -0.332 e. The first-order chi connectivity index (χ1) is 13.4. The van der Waals surface area contributed by atoms with Gasteiger partial charge in [0.15, 0.2) is 0 Å². The Morgan fingerprint density at radius 2 is 1.75 bits per heavy atom. The molecule has 2 aliphatic rings. The van der Waals surface area contributed by atoms with Gasteiger partial charge in [-0.2, -0.15) is 0 Å². The van der Waals surface area contributed by atoms with Gasteiger partial charge < -0.3 is 10.2 Å². The average Bonchev–Trinajstić information content (AvgIpc) is 3.23. The number of carbonyl (C=O) groups is 2. The molecule has 3 unspecified atom stereocenters. The van der Waals surface area contributed by atoms with Crippen LogP contribution in [0.5, 0.6) is 0 Å². The SMILES string of the molecule is Cc1ccc(C2CCCN2C(=O)c2ccc(NC(=O)C3CC3C)cc2)cc1C. The summed E-state index contributed by atoms with van der Waals surface area (Å²) in [7, 11) is 0. The van der Waals surface area contributed by atoms with Crippen molar-refractivity contribution >= 4 is 17.5 Å². The lowest BCUT2D eigenvalue weighted by Crippen LogP contribution is -2.30. The largest absolute Gasteiger partial charge is 0.332 e. The average molecular weight is 377 g/mol. The number of rotatable bonds is 4. The van der Waals surface area contributed by atoms with E-state index in [0.717, 1.165) is 31.5 Å². The van der Waals surface area contributed by atoms with Crippen molar-refractivity contribution in [1.82, 2.24) is 4.90 Å². The molecular formula is C24H28N2O2. The van der Waals surface area contributed by atoms with Crippen LogP contribution in [0.2, 0.25) is 0 Å². The van der Waals surface area contributed by atoms with Crippen LogP contribution in [0, 0.1) is 25.7 Å². The molecule has 3 atom stereocenters. The molecule has 4 rings (SSSR count). The minimum atomic E-state index is 0.0643. The van der Waals surface area contributed by atoms with Crippen LogP contribution in [-0.4, -0.2) is 23.3 Å². The molecule has 0 spiro atoms. The fourth-order valence-electron chi connectivity index (χ4n) is 4.11. The van der Waals surface area contributed by atoms with Gasteiger partial charge in [-0.15, -0.1) is 0 Å². The van der Waals surface area contributed by atoms with Gasteiger partial charge in [0, 0.05) is 23.7 Å². The molecule has 0 bridgehead atoms. The Morgan fingerprint density at radius 1 is 1.04 bits per heavy atom. The van der Waals surface area contributed by atoms with E-state index in [1.165, 1.54) is 16.7 Å². The molecule has 1 saturated heterocycles. The second kappa shape index (κ2) is 7.42. The van der Waals surface area contributed by atoms with E-state index in [0.29, 0.717) is 11.5 Å². The summed E-state index contributed by atoms with van der Waals surface area (Å²) in [5, 5.41) is 2.95. The summed E-state index contributed by atoms with van der Waals surface area (Å²) in [5.41, 5.74) is 5.19. The highest BCUT2D eigenvalue weighted by Crippen LogP contribution is 2.38. The summed E-state index contributed by atoms with van der Waals surface area (Å²) in [6.45, 7) is 7.11. The maximum absolute atomic E-state index is 13.1. The number of hydrogen-bond acceptors (Lipinski definition) is 2. The van der Waals surface area contributed by atoms with Gasteiger partial charge in [-0.25, -0.2) is 0 Å². The van der Waals surface area contributed by atoms with Gasteiger partial charge in [-0.1, -0.05) is 25.1 Å². The normalized spacial score (nSPS) is 23.5. The van der Waals surface area contributed by atoms with E-state index in [4.69, 9.17) is 0 Å². The number of nitrogens with zero attached hydrogens (tertiary/aromatic N) is 1. The Labute approximate surface area is 166 Å². The van der Waals surface area contributed by atoms with Crippen LogP contribution in [0.1, 0.15) is 59.3 Å². The van der Waals surface area contributed by atoms with Crippen LogP contribution >= 0.6 is 0 Å². The van der Waals surface area contributed by atoms with E-state index in [1.807, 2.05) is 29.2 Å². The number of anilines is 1. The van der Waals surface area contributed by atoms with Crippen molar-refractivity contribution in [3.8, 4) is 0 Å². The van der Waals surface area contributed by atoms with Gasteiger partial charge >= 0.3 is 0 Å². The van der Waals surface area contributed by atoms with Crippen LogP contribution < -0.4 is 5.32 Å². The number of hydrogen-bond donors (Lipinski definition) is 1. The number of carbonyl (C=O) groups excluding carboxylic acids is 2. The van der Waals surface area contributed by atoms with Crippen molar-refractivity contribution in [2.24, 2.45) is 11.8 Å². The Morgan fingerprint density at radius 3 is 2.39 bits per heavy atom. The highest BCUT2D eigenvalue weighted by atomic mass is 16.2. The lowest BCUT2D eigenvalue weighted by Gasteiger charge is -2.26.